The van der Waals surface area contributed by atoms with Crippen LogP contribution in [0.2, 0.25) is 0 Å². The number of aryl methyl sites for hydroxylation is 1. The van der Waals surface area contributed by atoms with Crippen LogP contribution in [0.3, 0.4) is 0 Å². The molecule has 6 nitrogen and oxygen atoms in total. The van der Waals surface area contributed by atoms with E-state index in [-0.39, 0.29) is 11.3 Å². The van der Waals surface area contributed by atoms with Crippen LogP contribution in [-0.4, -0.2) is 35.7 Å². The van der Waals surface area contributed by atoms with Gasteiger partial charge in [-0.15, -0.1) is 0 Å². The van der Waals surface area contributed by atoms with Crippen molar-refractivity contribution in [1.29, 1.82) is 0 Å². The lowest BCUT2D eigenvalue weighted by Crippen LogP contribution is -2.24. The molecule has 1 aromatic heterocycles. The Kier molecular flexibility index (Phi) is 9.06. The Morgan fingerprint density at radius 1 is 0.921 bits per heavy atom. The van der Waals surface area contributed by atoms with Gasteiger partial charge >= 0.3 is 0 Å². The fraction of sp³-hybridized carbons (Fsp3) is 0.375. The van der Waals surface area contributed by atoms with E-state index >= 15 is 0 Å². The highest BCUT2D eigenvalue weighted by Gasteiger charge is 2.14. The average Bonchev–Trinajstić information content (AvgIpc) is 3.27. The second kappa shape index (κ2) is 12.6. The van der Waals surface area contributed by atoms with Crippen LogP contribution in [0.25, 0.3) is 11.0 Å². The number of nitrogens with zero attached hydrogens (tertiary/aromatic N) is 2. The highest BCUT2D eigenvalue weighted by atomic mass is 16.5. The van der Waals surface area contributed by atoms with Gasteiger partial charge in [-0.1, -0.05) is 63.6 Å². The van der Waals surface area contributed by atoms with Gasteiger partial charge in [0, 0.05) is 13.0 Å². The van der Waals surface area contributed by atoms with E-state index in [0.717, 1.165) is 54.8 Å². The number of unbranched alkanes of at least 4 members (excludes halogenated alkanes) is 2. The van der Waals surface area contributed by atoms with E-state index in [1.54, 1.807) is 19.2 Å². The lowest BCUT2D eigenvalue weighted by atomic mass is 9.87. The summed E-state index contributed by atoms with van der Waals surface area (Å²) in [6, 6.07) is 24.0. The van der Waals surface area contributed by atoms with E-state index in [1.165, 1.54) is 5.56 Å². The minimum atomic E-state index is -0.0997. The first kappa shape index (κ1) is 27.2. The summed E-state index contributed by atoms with van der Waals surface area (Å²) in [6.07, 6.45) is 3.80. The maximum Gasteiger partial charge on any atom is 0.255 e. The first-order chi connectivity index (χ1) is 18.4. The lowest BCUT2D eigenvalue weighted by Gasteiger charge is -2.19. The van der Waals surface area contributed by atoms with E-state index in [1.807, 2.05) is 18.2 Å². The molecular formula is C32H39N3O3. The Hall–Kier alpha value is -3.80. The number of para-hydroxylation sites is 3. The topological polar surface area (TPSA) is 65.4 Å². The summed E-state index contributed by atoms with van der Waals surface area (Å²) in [4.78, 5) is 17.4. The number of methoxy groups -OCH3 is 1. The van der Waals surface area contributed by atoms with Crippen molar-refractivity contribution in [2.45, 2.75) is 58.4 Å². The molecule has 0 saturated heterocycles. The van der Waals surface area contributed by atoms with Gasteiger partial charge in [-0.25, -0.2) is 4.98 Å². The second-order valence-electron chi connectivity index (χ2n) is 10.6. The largest absolute Gasteiger partial charge is 0.496 e. The summed E-state index contributed by atoms with van der Waals surface area (Å²) in [7, 11) is 1.58. The van der Waals surface area contributed by atoms with E-state index in [4.69, 9.17) is 14.5 Å². The molecule has 6 heteroatoms. The van der Waals surface area contributed by atoms with Crippen LogP contribution < -0.4 is 14.8 Å². The van der Waals surface area contributed by atoms with Crippen LogP contribution in [0.5, 0.6) is 11.5 Å². The zero-order valence-electron chi connectivity index (χ0n) is 23.0. The number of ether oxygens (including phenoxy) is 2. The number of benzene rings is 3. The molecular weight excluding hydrogens is 474 g/mol. The Morgan fingerprint density at radius 2 is 1.66 bits per heavy atom. The van der Waals surface area contributed by atoms with Gasteiger partial charge in [-0.3, -0.25) is 4.79 Å². The molecule has 1 N–H and O–H groups in total. The van der Waals surface area contributed by atoms with Crippen molar-refractivity contribution < 1.29 is 14.3 Å². The van der Waals surface area contributed by atoms with Gasteiger partial charge in [0.05, 0.1) is 30.3 Å². The summed E-state index contributed by atoms with van der Waals surface area (Å²) >= 11 is 0. The number of fused-ring (bicyclic) bond motifs is 1. The van der Waals surface area contributed by atoms with Crippen molar-refractivity contribution in [3.8, 4) is 11.5 Å². The third kappa shape index (κ3) is 6.94. The number of hydrogen-bond donors (Lipinski definition) is 1. The van der Waals surface area contributed by atoms with E-state index in [0.29, 0.717) is 24.5 Å². The van der Waals surface area contributed by atoms with Gasteiger partial charge in [0.2, 0.25) is 0 Å². The molecule has 4 rings (SSSR count). The van der Waals surface area contributed by atoms with Crippen molar-refractivity contribution >= 4 is 16.9 Å². The summed E-state index contributed by atoms with van der Waals surface area (Å²) < 4.78 is 13.7. The molecule has 0 aliphatic heterocycles. The molecule has 1 amide bonds. The summed E-state index contributed by atoms with van der Waals surface area (Å²) in [5.74, 6) is 2.46. The Bertz CT molecular complexity index is 1340. The molecule has 0 aliphatic carbocycles. The average molecular weight is 514 g/mol. The van der Waals surface area contributed by atoms with E-state index in [2.05, 4.69) is 73.1 Å². The molecule has 3 aromatic carbocycles. The van der Waals surface area contributed by atoms with Crippen LogP contribution in [0.4, 0.5) is 0 Å². The number of hydrogen-bond acceptors (Lipinski definition) is 4. The monoisotopic (exact) mass is 513 g/mol. The molecule has 0 fully saturated rings. The maximum atomic E-state index is 12.5. The smallest absolute Gasteiger partial charge is 0.255 e. The minimum Gasteiger partial charge on any atom is -0.496 e. The van der Waals surface area contributed by atoms with Crippen molar-refractivity contribution in [3.63, 3.8) is 0 Å². The molecule has 0 saturated carbocycles. The molecule has 1 heterocycles. The number of amides is 1. The van der Waals surface area contributed by atoms with Crippen molar-refractivity contribution in [1.82, 2.24) is 14.9 Å². The molecule has 4 aromatic rings. The van der Waals surface area contributed by atoms with Crippen LogP contribution in [0, 0.1) is 0 Å². The zero-order valence-corrected chi connectivity index (χ0v) is 23.0. The zero-order chi connectivity index (χ0) is 27.0. The fourth-order valence-corrected chi connectivity index (χ4v) is 4.59. The highest BCUT2D eigenvalue weighted by Crippen LogP contribution is 2.24. The molecule has 38 heavy (non-hydrogen) atoms. The standard InChI is InChI=1S/C32H39N3O3/c1-32(2,3)24-17-19-25(20-18-24)38-23-22-35-28-14-9-8-13-27(28)34-30(35)16-6-5-11-21-33-31(36)26-12-7-10-15-29(26)37-4/h7-10,12-15,17-20H,5-6,11,16,21-23H2,1-4H3,(H,33,36). The van der Waals surface area contributed by atoms with E-state index in [9.17, 15) is 4.79 Å². The Balaban J connectivity index is 1.27. The summed E-state index contributed by atoms with van der Waals surface area (Å²) in [6.45, 7) is 8.60. The lowest BCUT2D eigenvalue weighted by molar-refractivity contribution is 0.0950. The SMILES string of the molecule is COc1ccccc1C(=O)NCCCCCc1nc2ccccc2n1CCOc1ccc(C(C)(C)C)cc1. The fourth-order valence-electron chi connectivity index (χ4n) is 4.59. The minimum absolute atomic E-state index is 0.0997. The Morgan fingerprint density at radius 3 is 2.42 bits per heavy atom. The van der Waals surface area contributed by atoms with Gasteiger partial charge in [-0.2, -0.15) is 0 Å². The predicted molar refractivity (Wildman–Crippen MR) is 153 cm³/mol. The third-order valence-corrected chi connectivity index (χ3v) is 6.75. The predicted octanol–water partition coefficient (Wildman–Crippen LogP) is 6.56. The number of carbonyl (C=O) groups excluding carboxylic acids is 1. The van der Waals surface area contributed by atoms with Crippen molar-refractivity contribution in [3.05, 3.63) is 89.7 Å². The number of nitrogens with one attached hydrogen (secondary N) is 1. The number of imidazole rings is 1. The first-order valence-electron chi connectivity index (χ1n) is 13.5. The van der Waals surface area contributed by atoms with Crippen LogP contribution in [-0.2, 0) is 18.4 Å². The number of aromatic nitrogens is 2. The molecule has 0 atom stereocenters. The number of carbonyl (C=O) groups is 1. The highest BCUT2D eigenvalue weighted by molar-refractivity contribution is 5.96. The van der Waals surface area contributed by atoms with Crippen LogP contribution in [0.15, 0.2) is 72.8 Å². The second-order valence-corrected chi connectivity index (χ2v) is 10.6. The molecule has 0 radical (unpaired) electrons. The van der Waals surface area contributed by atoms with E-state index < -0.39 is 0 Å². The van der Waals surface area contributed by atoms with Crippen molar-refractivity contribution in [2.24, 2.45) is 0 Å². The van der Waals surface area contributed by atoms with Gasteiger partial charge < -0.3 is 19.4 Å². The van der Waals surface area contributed by atoms with Crippen LogP contribution >= 0.6 is 0 Å². The molecule has 0 spiro atoms. The van der Waals surface area contributed by atoms with Gasteiger partial charge in [-0.05, 0) is 60.2 Å². The van der Waals surface area contributed by atoms with Gasteiger partial charge in [0.1, 0.15) is 23.9 Å². The molecule has 200 valence electrons. The van der Waals surface area contributed by atoms with Crippen molar-refractivity contribution in [2.75, 3.05) is 20.3 Å². The molecule has 0 unspecified atom stereocenters. The van der Waals surface area contributed by atoms with Crippen LogP contribution in [0.1, 0.15) is 61.8 Å². The quantitative estimate of drug-likeness (QED) is 0.218. The summed E-state index contributed by atoms with van der Waals surface area (Å²) in [5, 5.41) is 3.00. The van der Waals surface area contributed by atoms with Gasteiger partial charge in [0.15, 0.2) is 0 Å². The Labute approximate surface area is 226 Å². The molecule has 0 aliphatic rings. The maximum absolute atomic E-state index is 12.5. The molecule has 0 bridgehead atoms. The normalized spacial score (nSPS) is 11.5. The third-order valence-electron chi connectivity index (χ3n) is 6.75. The number of rotatable bonds is 12. The summed E-state index contributed by atoms with van der Waals surface area (Å²) in [5.41, 5.74) is 4.15. The first-order valence-corrected chi connectivity index (χ1v) is 13.5. The van der Waals surface area contributed by atoms with Gasteiger partial charge in [0.25, 0.3) is 5.91 Å².